The maximum absolute atomic E-state index is 11.8. The van der Waals surface area contributed by atoms with Crippen LogP contribution in [0.4, 0.5) is 0 Å². The van der Waals surface area contributed by atoms with E-state index in [-0.39, 0.29) is 12.0 Å². The van der Waals surface area contributed by atoms with E-state index in [2.05, 4.69) is 20.8 Å². The van der Waals surface area contributed by atoms with Crippen LogP contribution in [0.5, 0.6) is 5.75 Å². The molecule has 0 saturated carbocycles. The van der Waals surface area contributed by atoms with E-state index in [4.69, 9.17) is 14.2 Å². The van der Waals surface area contributed by atoms with Gasteiger partial charge in [0.2, 0.25) is 0 Å². The van der Waals surface area contributed by atoms with E-state index < -0.39 is 0 Å². The summed E-state index contributed by atoms with van der Waals surface area (Å²) in [5.41, 5.74) is 1.03. The lowest BCUT2D eigenvalue weighted by molar-refractivity contribution is -0.153. The highest BCUT2D eigenvalue weighted by atomic mass is 79.9. The molecule has 1 saturated heterocycles. The summed E-state index contributed by atoms with van der Waals surface area (Å²) < 4.78 is 16.6. The Morgan fingerprint density at radius 2 is 2.30 bits per heavy atom. The van der Waals surface area contributed by atoms with Crippen LogP contribution in [0.15, 0.2) is 22.7 Å². The average molecular weight is 344 g/mol. The number of esters is 1. The molecule has 0 N–H and O–H groups in total. The number of ether oxygens (including phenoxy) is 3. The third kappa shape index (κ3) is 3.50. The van der Waals surface area contributed by atoms with E-state index in [0.29, 0.717) is 26.3 Å². The molecule has 1 aliphatic heterocycles. The van der Waals surface area contributed by atoms with E-state index >= 15 is 0 Å². The summed E-state index contributed by atoms with van der Waals surface area (Å²) in [5.74, 6) is 0.543. The van der Waals surface area contributed by atoms with Crippen LogP contribution in [0.1, 0.15) is 5.56 Å². The van der Waals surface area contributed by atoms with Crippen molar-refractivity contribution in [2.45, 2.75) is 12.6 Å². The molecule has 1 aromatic carbocycles. The minimum atomic E-state index is -0.363. The topological polar surface area (TPSA) is 48.0 Å². The lowest BCUT2D eigenvalue weighted by Gasteiger charge is -2.33. The molecule has 0 amide bonds. The van der Waals surface area contributed by atoms with E-state index in [1.807, 2.05) is 18.2 Å². The van der Waals surface area contributed by atoms with Crippen molar-refractivity contribution in [1.29, 1.82) is 0 Å². The number of morpholine rings is 1. The van der Waals surface area contributed by atoms with Crippen LogP contribution in [0.25, 0.3) is 0 Å². The summed E-state index contributed by atoms with van der Waals surface area (Å²) in [7, 11) is 3.04. The van der Waals surface area contributed by atoms with E-state index in [0.717, 1.165) is 15.8 Å². The third-order valence-corrected chi connectivity index (χ3v) is 3.82. The van der Waals surface area contributed by atoms with Crippen molar-refractivity contribution in [2.75, 3.05) is 34.0 Å². The first-order valence-corrected chi connectivity index (χ1v) is 7.17. The molecule has 5 nitrogen and oxygen atoms in total. The van der Waals surface area contributed by atoms with Crippen molar-refractivity contribution in [1.82, 2.24) is 4.90 Å². The zero-order valence-corrected chi connectivity index (χ0v) is 13.2. The molecule has 0 bridgehead atoms. The second-order valence-corrected chi connectivity index (χ2v) is 5.46. The van der Waals surface area contributed by atoms with Crippen LogP contribution in [-0.4, -0.2) is 50.9 Å². The second kappa shape index (κ2) is 7.06. The largest absolute Gasteiger partial charge is 0.496 e. The predicted octanol–water partition coefficient (Wildman–Crippen LogP) is 1.83. The Kier molecular flexibility index (Phi) is 5.39. The predicted molar refractivity (Wildman–Crippen MR) is 77.7 cm³/mol. The van der Waals surface area contributed by atoms with Crippen LogP contribution >= 0.6 is 15.9 Å². The number of nitrogens with zero attached hydrogens (tertiary/aromatic N) is 1. The molecule has 20 heavy (non-hydrogen) atoms. The SMILES string of the molecule is COC(=O)C1COCCN1Cc1cc(Br)ccc1OC. The first kappa shape index (κ1) is 15.3. The van der Waals surface area contributed by atoms with Gasteiger partial charge >= 0.3 is 5.97 Å². The van der Waals surface area contributed by atoms with Gasteiger partial charge in [-0.05, 0) is 18.2 Å². The maximum Gasteiger partial charge on any atom is 0.325 e. The summed E-state index contributed by atoms with van der Waals surface area (Å²) in [4.78, 5) is 13.9. The number of hydrogen-bond donors (Lipinski definition) is 0. The van der Waals surface area contributed by atoms with Crippen molar-refractivity contribution >= 4 is 21.9 Å². The number of methoxy groups -OCH3 is 2. The van der Waals surface area contributed by atoms with Gasteiger partial charge in [-0.2, -0.15) is 0 Å². The van der Waals surface area contributed by atoms with Crippen molar-refractivity contribution in [3.63, 3.8) is 0 Å². The molecule has 2 rings (SSSR count). The fourth-order valence-electron chi connectivity index (χ4n) is 2.27. The highest BCUT2D eigenvalue weighted by Gasteiger charge is 2.30. The van der Waals surface area contributed by atoms with Crippen LogP contribution in [0.3, 0.4) is 0 Å². The standard InChI is InChI=1S/C14H18BrNO4/c1-18-13-4-3-11(15)7-10(13)8-16-5-6-20-9-12(16)14(17)19-2/h3-4,7,12H,5-6,8-9H2,1-2H3. The minimum absolute atomic E-state index is 0.265. The molecule has 1 heterocycles. The Morgan fingerprint density at radius 1 is 1.50 bits per heavy atom. The Balaban J connectivity index is 2.18. The highest BCUT2D eigenvalue weighted by Crippen LogP contribution is 2.25. The van der Waals surface area contributed by atoms with Gasteiger partial charge in [-0.15, -0.1) is 0 Å². The fourth-order valence-corrected chi connectivity index (χ4v) is 2.68. The van der Waals surface area contributed by atoms with Crippen molar-refractivity contribution in [2.24, 2.45) is 0 Å². The van der Waals surface area contributed by atoms with Gasteiger partial charge in [0.15, 0.2) is 0 Å². The van der Waals surface area contributed by atoms with Gasteiger partial charge in [0.05, 0.1) is 27.4 Å². The zero-order chi connectivity index (χ0) is 14.5. The Hall–Kier alpha value is -1.11. The monoisotopic (exact) mass is 343 g/mol. The first-order chi connectivity index (χ1) is 9.65. The van der Waals surface area contributed by atoms with Gasteiger partial charge in [0.1, 0.15) is 11.8 Å². The molecule has 0 radical (unpaired) electrons. The molecular weight excluding hydrogens is 326 g/mol. The van der Waals surface area contributed by atoms with E-state index in [1.165, 1.54) is 7.11 Å². The average Bonchev–Trinajstić information content (AvgIpc) is 2.47. The summed E-state index contributed by atoms with van der Waals surface area (Å²) in [6.45, 7) is 2.29. The summed E-state index contributed by atoms with van der Waals surface area (Å²) in [5, 5.41) is 0. The molecule has 1 unspecified atom stereocenters. The van der Waals surface area contributed by atoms with Crippen LogP contribution < -0.4 is 4.74 Å². The fraction of sp³-hybridized carbons (Fsp3) is 0.500. The smallest absolute Gasteiger partial charge is 0.325 e. The van der Waals surface area contributed by atoms with Crippen molar-refractivity contribution < 1.29 is 19.0 Å². The second-order valence-electron chi connectivity index (χ2n) is 4.54. The number of halogens is 1. The van der Waals surface area contributed by atoms with Gasteiger partial charge in [-0.3, -0.25) is 9.69 Å². The highest BCUT2D eigenvalue weighted by molar-refractivity contribution is 9.10. The summed E-state index contributed by atoms with van der Waals surface area (Å²) in [6.07, 6.45) is 0. The van der Waals surface area contributed by atoms with Crippen LogP contribution in [0, 0.1) is 0 Å². The molecule has 110 valence electrons. The molecule has 1 fully saturated rings. The van der Waals surface area contributed by atoms with E-state index in [9.17, 15) is 4.79 Å². The number of rotatable bonds is 4. The van der Waals surface area contributed by atoms with Crippen molar-refractivity contribution in [3.8, 4) is 5.75 Å². The molecule has 0 spiro atoms. The normalized spacial score (nSPS) is 19.6. The lowest BCUT2D eigenvalue weighted by Crippen LogP contribution is -2.49. The molecule has 1 aromatic rings. The lowest BCUT2D eigenvalue weighted by atomic mass is 10.1. The molecule has 6 heteroatoms. The van der Waals surface area contributed by atoms with Crippen molar-refractivity contribution in [3.05, 3.63) is 28.2 Å². The first-order valence-electron chi connectivity index (χ1n) is 6.37. The third-order valence-electron chi connectivity index (χ3n) is 3.33. The Labute approximate surface area is 126 Å². The summed E-state index contributed by atoms with van der Waals surface area (Å²) >= 11 is 3.46. The van der Waals surface area contributed by atoms with Gasteiger partial charge in [0.25, 0.3) is 0 Å². The van der Waals surface area contributed by atoms with Gasteiger partial charge in [0, 0.05) is 23.1 Å². The molecule has 1 atom stereocenters. The molecule has 0 aromatic heterocycles. The minimum Gasteiger partial charge on any atom is -0.496 e. The quantitative estimate of drug-likeness (QED) is 0.780. The summed E-state index contributed by atoms with van der Waals surface area (Å²) in [6, 6.07) is 5.48. The maximum atomic E-state index is 11.8. The molecule has 1 aliphatic rings. The number of benzene rings is 1. The molecular formula is C14H18BrNO4. The number of carbonyl (C=O) groups is 1. The Bertz CT molecular complexity index is 480. The number of carbonyl (C=O) groups excluding carboxylic acids is 1. The van der Waals surface area contributed by atoms with Gasteiger partial charge in [-0.25, -0.2) is 0 Å². The van der Waals surface area contributed by atoms with E-state index in [1.54, 1.807) is 7.11 Å². The zero-order valence-electron chi connectivity index (χ0n) is 11.6. The van der Waals surface area contributed by atoms with Gasteiger partial charge in [-0.1, -0.05) is 15.9 Å². The van der Waals surface area contributed by atoms with Gasteiger partial charge < -0.3 is 14.2 Å². The van der Waals surface area contributed by atoms with Crippen LogP contribution in [-0.2, 0) is 20.8 Å². The number of hydrogen-bond acceptors (Lipinski definition) is 5. The molecule has 0 aliphatic carbocycles. The van der Waals surface area contributed by atoms with Crippen LogP contribution in [0.2, 0.25) is 0 Å². The Morgan fingerprint density at radius 3 is 3.00 bits per heavy atom.